The Morgan fingerprint density at radius 3 is 2.70 bits per heavy atom. The zero-order valence-corrected chi connectivity index (χ0v) is 18.7. The number of halogens is 1. The number of likely N-dealkylation sites (tertiary alicyclic amines) is 1. The molecular weight excluding hydrogens is 409 g/mol. The Morgan fingerprint density at radius 2 is 2.03 bits per heavy atom. The predicted octanol–water partition coefficient (Wildman–Crippen LogP) is 4.43. The highest BCUT2D eigenvalue weighted by atomic mass is 32.1. The van der Waals surface area contributed by atoms with Crippen molar-refractivity contribution in [2.75, 3.05) is 19.7 Å². The van der Waals surface area contributed by atoms with E-state index in [1.165, 1.54) is 0 Å². The molecule has 0 radical (unpaired) electrons. The fourth-order valence-electron chi connectivity index (χ4n) is 3.16. The zero-order chi connectivity index (χ0) is 21.9. The number of piperidine rings is 1. The van der Waals surface area contributed by atoms with Crippen LogP contribution in [0.3, 0.4) is 0 Å². The van der Waals surface area contributed by atoms with Gasteiger partial charge in [0.2, 0.25) is 11.7 Å². The third-order valence-electron chi connectivity index (χ3n) is 4.78. The van der Waals surface area contributed by atoms with Gasteiger partial charge in [-0.1, -0.05) is 11.2 Å². The molecule has 2 heterocycles. The highest BCUT2D eigenvalue weighted by molar-refractivity contribution is 7.80. The van der Waals surface area contributed by atoms with Crippen molar-refractivity contribution in [2.24, 2.45) is 0 Å². The van der Waals surface area contributed by atoms with E-state index >= 15 is 0 Å². The van der Waals surface area contributed by atoms with Crippen LogP contribution in [0.5, 0.6) is 0 Å². The molecule has 0 unspecified atom stereocenters. The molecule has 1 amide bonds. The van der Waals surface area contributed by atoms with Crippen molar-refractivity contribution in [1.82, 2.24) is 15.0 Å². The Balaban J connectivity index is 1.45. The van der Waals surface area contributed by atoms with Gasteiger partial charge in [-0.2, -0.15) is 4.98 Å². The van der Waals surface area contributed by atoms with Gasteiger partial charge in [-0.3, -0.25) is 0 Å². The largest absolute Gasteiger partial charge is 0.444 e. The summed E-state index contributed by atoms with van der Waals surface area (Å²) in [5.74, 6) is 0.340. The van der Waals surface area contributed by atoms with Crippen LogP contribution < -0.4 is 0 Å². The molecule has 0 atom stereocenters. The standard InChI is InChI=1S/C21H28FN3O4S/c1-13-5-6-15(18(30)17(13)22)19-23-16(29-24-19)9-12-27-14-7-10-25(11-8-14)20(26)28-21(2,3)4/h5-6,14,30H,7-12H2,1-4H3. The third-order valence-corrected chi connectivity index (χ3v) is 5.22. The van der Waals surface area contributed by atoms with Crippen molar-refractivity contribution in [3.8, 4) is 11.4 Å². The number of benzene rings is 1. The van der Waals surface area contributed by atoms with E-state index in [0.29, 0.717) is 49.0 Å². The smallest absolute Gasteiger partial charge is 0.410 e. The number of aromatic nitrogens is 2. The lowest BCUT2D eigenvalue weighted by Crippen LogP contribution is -2.43. The number of ether oxygens (including phenoxy) is 2. The molecule has 3 rings (SSSR count). The molecule has 1 aliphatic rings. The van der Waals surface area contributed by atoms with Gasteiger partial charge in [-0.05, 0) is 52.2 Å². The van der Waals surface area contributed by atoms with Gasteiger partial charge in [0, 0.05) is 18.7 Å². The quantitative estimate of drug-likeness (QED) is 0.697. The van der Waals surface area contributed by atoms with E-state index in [1.54, 1.807) is 24.0 Å². The number of nitrogens with zero attached hydrogens (tertiary/aromatic N) is 3. The van der Waals surface area contributed by atoms with Crippen LogP contribution in [-0.2, 0) is 15.9 Å². The summed E-state index contributed by atoms with van der Waals surface area (Å²) in [5.41, 5.74) is 0.510. The number of amides is 1. The summed E-state index contributed by atoms with van der Waals surface area (Å²) in [6.45, 7) is 8.88. The number of rotatable bonds is 5. The molecule has 30 heavy (non-hydrogen) atoms. The molecule has 2 aromatic rings. The summed E-state index contributed by atoms with van der Waals surface area (Å²) >= 11 is 4.23. The minimum Gasteiger partial charge on any atom is -0.444 e. The van der Waals surface area contributed by atoms with Gasteiger partial charge in [0.1, 0.15) is 11.4 Å². The monoisotopic (exact) mass is 437 g/mol. The Kier molecular flexibility index (Phi) is 7.02. The number of carbonyl (C=O) groups is 1. The molecule has 0 spiro atoms. The van der Waals surface area contributed by atoms with Gasteiger partial charge in [-0.15, -0.1) is 12.6 Å². The first-order valence-corrected chi connectivity index (χ1v) is 10.5. The van der Waals surface area contributed by atoms with E-state index in [0.717, 1.165) is 12.8 Å². The average Bonchev–Trinajstić information content (AvgIpc) is 3.14. The third kappa shape index (κ3) is 5.72. The molecular formula is C21H28FN3O4S. The van der Waals surface area contributed by atoms with Crippen molar-refractivity contribution in [3.63, 3.8) is 0 Å². The molecule has 1 aliphatic heterocycles. The molecule has 0 N–H and O–H groups in total. The van der Waals surface area contributed by atoms with Gasteiger partial charge < -0.3 is 18.9 Å². The molecule has 1 fully saturated rings. The van der Waals surface area contributed by atoms with Crippen LogP contribution in [0.25, 0.3) is 11.4 Å². The second-order valence-electron chi connectivity index (χ2n) is 8.39. The Bertz CT molecular complexity index is 889. The average molecular weight is 438 g/mol. The molecule has 0 saturated carbocycles. The molecule has 7 nitrogen and oxygen atoms in total. The van der Waals surface area contributed by atoms with Crippen LogP contribution >= 0.6 is 12.6 Å². The zero-order valence-electron chi connectivity index (χ0n) is 17.8. The first kappa shape index (κ1) is 22.6. The summed E-state index contributed by atoms with van der Waals surface area (Å²) in [6.07, 6.45) is 1.74. The molecule has 1 saturated heterocycles. The van der Waals surface area contributed by atoms with Crippen LogP contribution in [0.4, 0.5) is 9.18 Å². The number of hydrogen-bond acceptors (Lipinski definition) is 7. The fourth-order valence-corrected chi connectivity index (χ4v) is 3.51. The second-order valence-corrected chi connectivity index (χ2v) is 8.84. The SMILES string of the molecule is Cc1ccc(-c2noc(CCOC3CCN(C(=O)OC(C)(C)C)CC3)n2)c(S)c1F. The van der Waals surface area contributed by atoms with E-state index in [1.807, 2.05) is 20.8 Å². The van der Waals surface area contributed by atoms with Crippen LogP contribution in [0.2, 0.25) is 0 Å². The Morgan fingerprint density at radius 1 is 1.33 bits per heavy atom. The first-order chi connectivity index (χ1) is 14.1. The summed E-state index contributed by atoms with van der Waals surface area (Å²) in [5, 5.41) is 3.93. The lowest BCUT2D eigenvalue weighted by molar-refractivity contribution is -0.0114. The van der Waals surface area contributed by atoms with Crippen molar-refractivity contribution in [3.05, 3.63) is 29.4 Å². The molecule has 1 aromatic heterocycles. The molecule has 0 bridgehead atoms. The summed E-state index contributed by atoms with van der Waals surface area (Å²) in [7, 11) is 0. The topological polar surface area (TPSA) is 77.7 Å². The van der Waals surface area contributed by atoms with Gasteiger partial charge in [0.05, 0.1) is 24.0 Å². The number of aryl methyl sites for hydroxylation is 1. The highest BCUT2D eigenvalue weighted by Crippen LogP contribution is 2.28. The molecule has 0 aliphatic carbocycles. The van der Waals surface area contributed by atoms with Crippen molar-refractivity contribution < 1.29 is 23.2 Å². The maximum Gasteiger partial charge on any atom is 0.410 e. The number of carbonyl (C=O) groups excluding carboxylic acids is 1. The van der Waals surface area contributed by atoms with E-state index in [4.69, 9.17) is 14.0 Å². The molecule has 9 heteroatoms. The highest BCUT2D eigenvalue weighted by Gasteiger charge is 2.27. The molecule has 1 aromatic carbocycles. The second kappa shape index (κ2) is 9.34. The van der Waals surface area contributed by atoms with Crippen molar-refractivity contribution in [2.45, 2.75) is 63.6 Å². The lowest BCUT2D eigenvalue weighted by atomic mass is 10.1. The normalized spacial score (nSPS) is 15.5. The van der Waals surface area contributed by atoms with Gasteiger partial charge in [-0.25, -0.2) is 9.18 Å². The van der Waals surface area contributed by atoms with Crippen LogP contribution in [0, 0.1) is 12.7 Å². The van der Waals surface area contributed by atoms with Crippen molar-refractivity contribution >= 4 is 18.7 Å². The lowest BCUT2D eigenvalue weighted by Gasteiger charge is -2.33. The van der Waals surface area contributed by atoms with Crippen LogP contribution in [0.1, 0.15) is 45.1 Å². The number of thiol groups is 1. The fraction of sp³-hybridized carbons (Fsp3) is 0.571. The summed E-state index contributed by atoms with van der Waals surface area (Å²) < 4.78 is 30.6. The maximum absolute atomic E-state index is 14.0. The maximum atomic E-state index is 14.0. The Hall–Kier alpha value is -2.13. The minimum absolute atomic E-state index is 0.0707. The minimum atomic E-state index is -0.495. The van der Waals surface area contributed by atoms with E-state index in [-0.39, 0.29) is 22.9 Å². The van der Waals surface area contributed by atoms with Gasteiger partial charge in [0.15, 0.2) is 0 Å². The predicted molar refractivity (Wildman–Crippen MR) is 112 cm³/mol. The van der Waals surface area contributed by atoms with Gasteiger partial charge in [0.25, 0.3) is 0 Å². The molecule has 164 valence electrons. The van der Waals surface area contributed by atoms with E-state index in [9.17, 15) is 9.18 Å². The van der Waals surface area contributed by atoms with Crippen LogP contribution in [-0.4, -0.2) is 52.5 Å². The van der Waals surface area contributed by atoms with E-state index < -0.39 is 5.60 Å². The number of hydrogen-bond donors (Lipinski definition) is 1. The summed E-state index contributed by atoms with van der Waals surface area (Å²) in [6, 6.07) is 3.39. The van der Waals surface area contributed by atoms with E-state index in [2.05, 4.69) is 22.8 Å². The van der Waals surface area contributed by atoms with Crippen molar-refractivity contribution in [1.29, 1.82) is 0 Å². The Labute approximate surface area is 181 Å². The van der Waals surface area contributed by atoms with Crippen LogP contribution in [0.15, 0.2) is 21.6 Å². The summed E-state index contributed by atoms with van der Waals surface area (Å²) in [4.78, 5) is 18.3. The van der Waals surface area contributed by atoms with Gasteiger partial charge >= 0.3 is 6.09 Å². The first-order valence-electron chi connectivity index (χ1n) is 10.0.